The number of ether oxygens (including phenoxy) is 4. The lowest BCUT2D eigenvalue weighted by Crippen LogP contribution is -2.33. The van der Waals surface area contributed by atoms with Crippen molar-refractivity contribution in [2.24, 2.45) is 0 Å². The van der Waals surface area contributed by atoms with Gasteiger partial charge < -0.3 is 18.9 Å². The lowest BCUT2D eigenvalue weighted by Gasteiger charge is -2.23. The van der Waals surface area contributed by atoms with E-state index in [-0.39, 0.29) is 24.6 Å². The van der Waals surface area contributed by atoms with E-state index in [2.05, 4.69) is 20.8 Å². The van der Waals surface area contributed by atoms with E-state index in [1.807, 2.05) is 54.6 Å². The summed E-state index contributed by atoms with van der Waals surface area (Å²) < 4.78 is 23.9. The van der Waals surface area contributed by atoms with E-state index in [1.54, 1.807) is 0 Å². The smallest absolute Gasteiger partial charge is 0.184 e. The van der Waals surface area contributed by atoms with Gasteiger partial charge in [0.05, 0.1) is 12.7 Å². The van der Waals surface area contributed by atoms with Crippen molar-refractivity contribution < 1.29 is 18.9 Å². The van der Waals surface area contributed by atoms with Gasteiger partial charge in [-0.2, -0.15) is 0 Å². The highest BCUT2D eigenvalue weighted by molar-refractivity contribution is 5.31. The molecule has 4 heteroatoms. The predicted octanol–water partition coefficient (Wildman–Crippen LogP) is 5.14. The molecular weight excluding hydrogens is 328 g/mol. The van der Waals surface area contributed by atoms with Gasteiger partial charge in [0.25, 0.3) is 0 Å². The topological polar surface area (TPSA) is 36.9 Å². The summed E-state index contributed by atoms with van der Waals surface area (Å²) in [4.78, 5) is 0. The molecule has 0 N–H and O–H groups in total. The predicted molar refractivity (Wildman–Crippen MR) is 102 cm³/mol. The molecule has 1 aliphatic rings. The first kappa shape index (κ1) is 18.7. The fourth-order valence-electron chi connectivity index (χ4n) is 2.91. The fourth-order valence-corrected chi connectivity index (χ4v) is 2.91. The third-order valence-corrected chi connectivity index (χ3v) is 4.62. The summed E-state index contributed by atoms with van der Waals surface area (Å²) in [6, 6.07) is 17.8. The van der Waals surface area contributed by atoms with Gasteiger partial charge in [0.15, 0.2) is 6.29 Å². The van der Waals surface area contributed by atoms with Crippen LogP contribution in [0.5, 0.6) is 11.5 Å². The van der Waals surface area contributed by atoms with Crippen LogP contribution in [0, 0.1) is 0 Å². The zero-order valence-corrected chi connectivity index (χ0v) is 15.8. The molecule has 1 heterocycles. The Hall–Kier alpha value is -2.04. The van der Waals surface area contributed by atoms with Crippen molar-refractivity contribution in [2.45, 2.75) is 58.2 Å². The molecule has 2 aromatic carbocycles. The fraction of sp³-hybridized carbons (Fsp3) is 0.455. The lowest BCUT2D eigenvalue weighted by atomic mass is 10.1. The highest BCUT2D eigenvalue weighted by Crippen LogP contribution is 2.30. The zero-order chi connectivity index (χ0) is 18.4. The van der Waals surface area contributed by atoms with Gasteiger partial charge in [-0.3, -0.25) is 0 Å². The summed E-state index contributed by atoms with van der Waals surface area (Å²) >= 11 is 0. The van der Waals surface area contributed by atoms with Crippen molar-refractivity contribution in [3.63, 3.8) is 0 Å². The Kier molecular flexibility index (Phi) is 6.53. The second-order valence-corrected chi connectivity index (χ2v) is 6.62. The van der Waals surface area contributed by atoms with E-state index in [4.69, 9.17) is 18.9 Å². The summed E-state index contributed by atoms with van der Waals surface area (Å²) in [5.41, 5.74) is 1.04. The summed E-state index contributed by atoms with van der Waals surface area (Å²) in [6.45, 7) is 6.82. The van der Waals surface area contributed by atoms with Crippen molar-refractivity contribution in [2.75, 3.05) is 6.61 Å². The molecule has 4 unspecified atom stereocenters. The minimum atomic E-state index is -0.315. The first-order chi connectivity index (χ1) is 12.7. The van der Waals surface area contributed by atoms with Crippen molar-refractivity contribution in [1.29, 1.82) is 0 Å². The van der Waals surface area contributed by atoms with E-state index >= 15 is 0 Å². The molecule has 1 saturated heterocycles. The molecule has 1 fully saturated rings. The molecule has 140 valence electrons. The molecule has 0 radical (unpaired) electrons. The second-order valence-electron chi connectivity index (χ2n) is 6.62. The first-order valence-corrected chi connectivity index (χ1v) is 9.45. The monoisotopic (exact) mass is 356 g/mol. The van der Waals surface area contributed by atoms with Crippen LogP contribution in [-0.4, -0.2) is 24.9 Å². The summed E-state index contributed by atoms with van der Waals surface area (Å²) in [6.07, 6.45) is 1.60. The molecule has 0 aliphatic carbocycles. The second kappa shape index (κ2) is 9.06. The van der Waals surface area contributed by atoms with Crippen LogP contribution in [-0.2, 0) is 9.47 Å². The van der Waals surface area contributed by atoms with Crippen molar-refractivity contribution in [3.05, 3.63) is 60.2 Å². The Labute approximate surface area is 156 Å². The molecule has 0 aromatic heterocycles. The molecule has 0 saturated carbocycles. The van der Waals surface area contributed by atoms with Crippen LogP contribution in [0.15, 0.2) is 54.6 Å². The Balaban J connectivity index is 1.58. The minimum absolute atomic E-state index is 0.0509. The maximum atomic E-state index is 6.16. The molecule has 0 spiro atoms. The largest absolute Gasteiger partial charge is 0.491 e. The number of benzene rings is 2. The highest BCUT2D eigenvalue weighted by Gasteiger charge is 2.33. The maximum Gasteiger partial charge on any atom is 0.184 e. The van der Waals surface area contributed by atoms with Crippen LogP contribution in [0.1, 0.15) is 45.5 Å². The number of hydrogen-bond donors (Lipinski definition) is 0. The normalized spacial score (nSPS) is 22.0. The van der Waals surface area contributed by atoms with Crippen LogP contribution >= 0.6 is 0 Å². The molecule has 0 bridgehead atoms. The van der Waals surface area contributed by atoms with Crippen molar-refractivity contribution in [1.82, 2.24) is 0 Å². The van der Waals surface area contributed by atoms with Gasteiger partial charge in [0, 0.05) is 5.56 Å². The van der Waals surface area contributed by atoms with E-state index in [0.717, 1.165) is 29.9 Å². The van der Waals surface area contributed by atoms with Crippen LogP contribution in [0.2, 0.25) is 0 Å². The molecule has 4 atom stereocenters. The average molecular weight is 356 g/mol. The third kappa shape index (κ3) is 4.77. The van der Waals surface area contributed by atoms with Crippen LogP contribution < -0.4 is 9.47 Å². The Bertz CT molecular complexity index is 656. The van der Waals surface area contributed by atoms with E-state index in [1.165, 1.54) is 0 Å². The van der Waals surface area contributed by atoms with Gasteiger partial charge in [-0.1, -0.05) is 44.2 Å². The van der Waals surface area contributed by atoms with Gasteiger partial charge in [-0.05, 0) is 44.0 Å². The summed E-state index contributed by atoms with van der Waals surface area (Å²) in [5.74, 6) is 1.68. The Morgan fingerprint density at radius 1 is 0.923 bits per heavy atom. The molecule has 2 aromatic rings. The van der Waals surface area contributed by atoms with E-state index in [0.29, 0.717) is 6.61 Å². The van der Waals surface area contributed by atoms with Crippen LogP contribution in [0.3, 0.4) is 0 Å². The van der Waals surface area contributed by atoms with E-state index < -0.39 is 0 Å². The number of hydrogen-bond acceptors (Lipinski definition) is 4. The standard InChI is InChI=1S/C22H28O4/c1-4-16(3)24-18-11-13-19(14-12-18)25-20(5-2)21-15-23-22(26-21)17-9-7-6-8-10-17/h6-14,16,20-22H,4-5,15H2,1-3H3. The molecular formula is C22H28O4. The maximum absolute atomic E-state index is 6.16. The van der Waals surface area contributed by atoms with Gasteiger partial charge in [-0.15, -0.1) is 0 Å². The van der Waals surface area contributed by atoms with Gasteiger partial charge >= 0.3 is 0 Å². The summed E-state index contributed by atoms with van der Waals surface area (Å²) in [5, 5.41) is 0. The van der Waals surface area contributed by atoms with Crippen molar-refractivity contribution in [3.8, 4) is 11.5 Å². The van der Waals surface area contributed by atoms with Crippen LogP contribution in [0.25, 0.3) is 0 Å². The molecule has 0 amide bonds. The Morgan fingerprint density at radius 2 is 1.58 bits per heavy atom. The summed E-state index contributed by atoms with van der Waals surface area (Å²) in [7, 11) is 0. The molecule has 1 aliphatic heterocycles. The first-order valence-electron chi connectivity index (χ1n) is 9.45. The average Bonchev–Trinajstić information content (AvgIpc) is 3.18. The third-order valence-electron chi connectivity index (χ3n) is 4.62. The van der Waals surface area contributed by atoms with Crippen molar-refractivity contribution >= 4 is 0 Å². The van der Waals surface area contributed by atoms with Gasteiger partial charge in [0.1, 0.15) is 23.7 Å². The SMILES string of the molecule is CCC(C)Oc1ccc(OC(CC)C2COC(c3ccccc3)O2)cc1. The highest BCUT2D eigenvalue weighted by atomic mass is 16.7. The number of rotatable bonds is 8. The van der Waals surface area contributed by atoms with E-state index in [9.17, 15) is 0 Å². The van der Waals surface area contributed by atoms with Crippen LogP contribution in [0.4, 0.5) is 0 Å². The molecule has 4 nitrogen and oxygen atoms in total. The quantitative estimate of drug-likeness (QED) is 0.656. The molecule has 3 rings (SSSR count). The molecule has 26 heavy (non-hydrogen) atoms. The van der Waals surface area contributed by atoms with Gasteiger partial charge in [-0.25, -0.2) is 0 Å². The Morgan fingerprint density at radius 3 is 2.19 bits per heavy atom. The zero-order valence-electron chi connectivity index (χ0n) is 15.8. The lowest BCUT2D eigenvalue weighted by molar-refractivity contribution is -0.0793. The minimum Gasteiger partial charge on any atom is -0.491 e. The van der Waals surface area contributed by atoms with Gasteiger partial charge in [0.2, 0.25) is 0 Å².